The number of aliphatic hydroxyl groups is 2. The van der Waals surface area contributed by atoms with Gasteiger partial charge in [0.2, 0.25) is 11.8 Å². The quantitative estimate of drug-likeness (QED) is 0.328. The average molecular weight is 399 g/mol. The molecule has 2 rings (SSSR count). The Kier molecular flexibility index (Phi) is 7.45. The summed E-state index contributed by atoms with van der Waals surface area (Å²) >= 11 is 0. The lowest BCUT2D eigenvalue weighted by atomic mass is 9.70. The largest absolute Gasteiger partial charge is 0.393 e. The number of aliphatic hydroxyl groups excluding tert-OH is 1. The normalized spacial score (nSPS) is 24.4. The number of benzene rings is 1. The number of halogens is 2. The Labute approximate surface area is 161 Å². The van der Waals surface area contributed by atoms with Crippen molar-refractivity contribution in [3.63, 3.8) is 0 Å². The Balaban J connectivity index is 2.01. The summed E-state index contributed by atoms with van der Waals surface area (Å²) in [6, 6.07) is 2.99. The molecule has 155 valence electrons. The molecule has 0 spiro atoms. The number of rotatable bonds is 8. The first kappa shape index (κ1) is 22.2. The molecule has 2 amide bonds. The summed E-state index contributed by atoms with van der Waals surface area (Å²) in [6.45, 7) is 0. The van der Waals surface area contributed by atoms with Crippen LogP contribution >= 0.6 is 0 Å². The smallest absolute Gasteiger partial charge is 0.249 e. The number of amides is 2. The number of nitrogens with one attached hydrogen (secondary N) is 1. The first-order valence-electron chi connectivity index (χ1n) is 9.06. The molecule has 1 radical (unpaired) electrons. The van der Waals surface area contributed by atoms with Crippen LogP contribution in [-0.4, -0.2) is 38.9 Å². The maximum absolute atomic E-state index is 13.2. The predicted octanol–water partition coefficient (Wildman–Crippen LogP) is 0.991. The van der Waals surface area contributed by atoms with Gasteiger partial charge in [0.1, 0.15) is 11.6 Å². The van der Waals surface area contributed by atoms with E-state index in [9.17, 15) is 28.6 Å². The van der Waals surface area contributed by atoms with Gasteiger partial charge in [-0.1, -0.05) is 0 Å². The molecule has 28 heavy (non-hydrogen) atoms. The van der Waals surface area contributed by atoms with Gasteiger partial charge in [-0.05, 0) is 62.6 Å². The van der Waals surface area contributed by atoms with Gasteiger partial charge < -0.3 is 15.9 Å². The number of hydrogen-bond donors (Lipinski definition) is 5. The minimum absolute atomic E-state index is 0.0471. The van der Waals surface area contributed by atoms with Crippen LogP contribution in [0.5, 0.6) is 0 Å². The molecule has 7 nitrogen and oxygen atoms in total. The highest BCUT2D eigenvalue weighted by Gasteiger charge is 2.45. The lowest BCUT2D eigenvalue weighted by Crippen LogP contribution is -2.50. The maximum Gasteiger partial charge on any atom is 0.249 e. The zero-order chi connectivity index (χ0) is 20.9. The van der Waals surface area contributed by atoms with E-state index in [-0.39, 0.29) is 25.7 Å². The van der Waals surface area contributed by atoms with Crippen LogP contribution in [0, 0.1) is 29.9 Å². The van der Waals surface area contributed by atoms with E-state index in [2.05, 4.69) is 0 Å². The van der Waals surface area contributed by atoms with Crippen molar-refractivity contribution < 1.29 is 33.8 Å². The SMILES string of the molecule is NC(=O)C1CCC(O)(C(CC(O)[CH]Cc2cc(F)cc(F)c2)C(=O)NO)CC1. The van der Waals surface area contributed by atoms with Gasteiger partial charge in [-0.2, -0.15) is 0 Å². The highest BCUT2D eigenvalue weighted by Crippen LogP contribution is 2.39. The average Bonchev–Trinajstić information content (AvgIpc) is 2.63. The summed E-state index contributed by atoms with van der Waals surface area (Å²) in [5, 5.41) is 30.2. The predicted molar refractivity (Wildman–Crippen MR) is 94.5 cm³/mol. The van der Waals surface area contributed by atoms with Crippen LogP contribution in [0.1, 0.15) is 37.7 Å². The van der Waals surface area contributed by atoms with E-state index in [4.69, 9.17) is 10.9 Å². The third kappa shape index (κ3) is 5.70. The first-order valence-corrected chi connectivity index (χ1v) is 9.06. The molecular formula is C19H25F2N2O5. The van der Waals surface area contributed by atoms with Crippen molar-refractivity contribution in [2.24, 2.45) is 17.6 Å². The highest BCUT2D eigenvalue weighted by molar-refractivity contribution is 5.79. The second-order valence-corrected chi connectivity index (χ2v) is 7.33. The summed E-state index contributed by atoms with van der Waals surface area (Å²) in [4.78, 5) is 23.4. The van der Waals surface area contributed by atoms with Crippen LogP contribution in [0.3, 0.4) is 0 Å². The van der Waals surface area contributed by atoms with Crippen LogP contribution < -0.4 is 11.2 Å². The maximum atomic E-state index is 13.2. The fourth-order valence-corrected chi connectivity index (χ4v) is 3.74. The van der Waals surface area contributed by atoms with Crippen molar-refractivity contribution in [1.82, 2.24) is 5.48 Å². The molecule has 0 bridgehead atoms. The monoisotopic (exact) mass is 399 g/mol. The van der Waals surface area contributed by atoms with Gasteiger partial charge in [-0.15, -0.1) is 0 Å². The summed E-state index contributed by atoms with van der Waals surface area (Å²) < 4.78 is 26.5. The molecule has 0 aromatic heterocycles. The number of hydroxylamine groups is 1. The van der Waals surface area contributed by atoms with Crippen LogP contribution in [-0.2, 0) is 16.0 Å². The Morgan fingerprint density at radius 3 is 2.32 bits per heavy atom. The van der Waals surface area contributed by atoms with Gasteiger partial charge in [0.05, 0.1) is 17.6 Å². The molecule has 2 atom stereocenters. The minimum atomic E-state index is -1.52. The molecule has 0 aliphatic heterocycles. The lowest BCUT2D eigenvalue weighted by molar-refractivity contribution is -0.150. The lowest BCUT2D eigenvalue weighted by Gasteiger charge is -2.40. The standard InChI is InChI=1S/C19H25F2N2O5/c20-13-7-11(8-14(21)9-13)1-2-15(24)10-16(18(26)23-28)19(27)5-3-12(4-6-19)17(22)25/h2,7-9,12,15-16,24,27-28H,1,3-6,10H2,(H2,22,25)(H,23,26). The Morgan fingerprint density at radius 2 is 1.82 bits per heavy atom. The van der Waals surface area contributed by atoms with Crippen molar-refractivity contribution in [3.8, 4) is 0 Å². The topological polar surface area (TPSA) is 133 Å². The third-order valence-corrected chi connectivity index (χ3v) is 5.35. The number of nitrogens with two attached hydrogens (primary N) is 1. The summed E-state index contributed by atoms with van der Waals surface area (Å²) in [6.07, 6.45) is 0.845. The van der Waals surface area contributed by atoms with Crippen molar-refractivity contribution in [3.05, 3.63) is 41.8 Å². The van der Waals surface area contributed by atoms with E-state index in [0.29, 0.717) is 18.4 Å². The Bertz CT molecular complexity index is 687. The molecule has 0 saturated heterocycles. The van der Waals surface area contributed by atoms with E-state index in [1.807, 2.05) is 0 Å². The van der Waals surface area contributed by atoms with Crippen LogP contribution in [0.2, 0.25) is 0 Å². The van der Waals surface area contributed by atoms with Gasteiger partial charge in [0, 0.05) is 12.0 Å². The van der Waals surface area contributed by atoms with E-state index < -0.39 is 47.0 Å². The molecule has 1 aliphatic rings. The van der Waals surface area contributed by atoms with Crippen molar-refractivity contribution in [2.75, 3.05) is 0 Å². The van der Waals surface area contributed by atoms with Crippen LogP contribution in [0.25, 0.3) is 0 Å². The third-order valence-electron chi connectivity index (χ3n) is 5.35. The Hall–Kier alpha value is -2.10. The van der Waals surface area contributed by atoms with Gasteiger partial charge >= 0.3 is 0 Å². The first-order chi connectivity index (χ1) is 13.1. The summed E-state index contributed by atoms with van der Waals surface area (Å²) in [5.41, 5.74) is 5.57. The fraction of sp³-hybridized carbons (Fsp3) is 0.526. The van der Waals surface area contributed by atoms with E-state index in [0.717, 1.165) is 18.2 Å². The minimum Gasteiger partial charge on any atom is -0.393 e. The number of primary amides is 1. The van der Waals surface area contributed by atoms with E-state index in [1.54, 1.807) is 0 Å². The van der Waals surface area contributed by atoms with E-state index in [1.165, 1.54) is 11.9 Å². The molecule has 9 heteroatoms. The van der Waals surface area contributed by atoms with Gasteiger partial charge in [0.15, 0.2) is 0 Å². The molecule has 1 aromatic rings. The van der Waals surface area contributed by atoms with Crippen LogP contribution in [0.4, 0.5) is 8.78 Å². The van der Waals surface area contributed by atoms with Gasteiger partial charge in [0.25, 0.3) is 0 Å². The molecule has 1 aliphatic carbocycles. The zero-order valence-electron chi connectivity index (χ0n) is 15.3. The van der Waals surface area contributed by atoms with Crippen molar-refractivity contribution >= 4 is 11.8 Å². The zero-order valence-corrected chi connectivity index (χ0v) is 15.3. The second-order valence-electron chi connectivity index (χ2n) is 7.33. The molecule has 1 saturated carbocycles. The summed E-state index contributed by atoms with van der Waals surface area (Å²) in [5.74, 6) is -4.34. The number of carbonyl (C=O) groups excluding carboxylic acids is 2. The molecule has 1 fully saturated rings. The van der Waals surface area contributed by atoms with Gasteiger partial charge in [-0.25, -0.2) is 14.3 Å². The molecule has 6 N–H and O–H groups in total. The van der Waals surface area contributed by atoms with E-state index >= 15 is 0 Å². The van der Waals surface area contributed by atoms with Crippen LogP contribution in [0.15, 0.2) is 18.2 Å². The molecular weight excluding hydrogens is 374 g/mol. The van der Waals surface area contributed by atoms with Crippen molar-refractivity contribution in [2.45, 2.75) is 50.2 Å². The Morgan fingerprint density at radius 1 is 1.25 bits per heavy atom. The van der Waals surface area contributed by atoms with Crippen molar-refractivity contribution in [1.29, 1.82) is 0 Å². The number of hydrogen-bond acceptors (Lipinski definition) is 5. The molecule has 2 unspecified atom stereocenters. The second kappa shape index (κ2) is 9.40. The highest BCUT2D eigenvalue weighted by atomic mass is 19.1. The number of carbonyl (C=O) groups is 2. The molecule has 1 aromatic carbocycles. The summed E-state index contributed by atoms with van der Waals surface area (Å²) in [7, 11) is 0. The van der Waals surface area contributed by atoms with Gasteiger partial charge in [-0.3, -0.25) is 14.8 Å². The fourth-order valence-electron chi connectivity index (χ4n) is 3.74. The molecule has 0 heterocycles.